The summed E-state index contributed by atoms with van der Waals surface area (Å²) >= 11 is 6.02. The van der Waals surface area contributed by atoms with E-state index >= 15 is 0 Å². The number of anilines is 1. The highest BCUT2D eigenvalue weighted by atomic mass is 35.5. The first-order chi connectivity index (χ1) is 14.0. The van der Waals surface area contributed by atoms with Crippen LogP contribution < -0.4 is 25.6 Å². The maximum Gasteiger partial charge on any atom is 0.337 e. The summed E-state index contributed by atoms with van der Waals surface area (Å²) in [5.74, 6) is 0.927. The molecule has 3 amide bonds. The quantitative estimate of drug-likeness (QED) is 0.528. The molecule has 3 aromatic rings. The second kappa shape index (κ2) is 9.52. The van der Waals surface area contributed by atoms with Crippen LogP contribution in [0.5, 0.6) is 11.5 Å². The lowest BCUT2D eigenvalue weighted by molar-refractivity contribution is 0.0906. The Morgan fingerprint density at radius 3 is 2.66 bits per heavy atom. The highest BCUT2D eigenvalue weighted by molar-refractivity contribution is 6.32. The smallest absolute Gasteiger partial charge is 0.337 e. The van der Waals surface area contributed by atoms with Crippen molar-refractivity contribution in [1.29, 1.82) is 0 Å². The molecule has 0 atom stereocenters. The van der Waals surface area contributed by atoms with E-state index in [1.165, 1.54) is 13.2 Å². The highest BCUT2D eigenvalue weighted by Crippen LogP contribution is 2.24. The third-order valence-electron chi connectivity index (χ3n) is 3.71. The van der Waals surface area contributed by atoms with Crippen molar-refractivity contribution in [3.8, 4) is 11.5 Å². The van der Waals surface area contributed by atoms with Gasteiger partial charge in [-0.25, -0.2) is 10.2 Å². The van der Waals surface area contributed by atoms with Crippen LogP contribution >= 0.6 is 11.6 Å². The molecule has 0 bridgehead atoms. The third kappa shape index (κ3) is 5.66. The fourth-order valence-corrected chi connectivity index (χ4v) is 2.52. The Labute approximate surface area is 171 Å². The average molecular weight is 416 g/mol. The molecule has 0 saturated carbocycles. The second-order valence-corrected chi connectivity index (χ2v) is 6.16. The van der Waals surface area contributed by atoms with E-state index in [0.717, 1.165) is 0 Å². The van der Waals surface area contributed by atoms with Gasteiger partial charge >= 0.3 is 11.9 Å². The zero-order valence-corrected chi connectivity index (χ0v) is 16.2. The van der Waals surface area contributed by atoms with Crippen LogP contribution in [-0.4, -0.2) is 19.0 Å². The molecule has 2 aromatic carbocycles. The van der Waals surface area contributed by atoms with Crippen LogP contribution in [0.4, 0.5) is 10.5 Å². The first kappa shape index (κ1) is 20.1. The van der Waals surface area contributed by atoms with Crippen molar-refractivity contribution < 1.29 is 23.5 Å². The minimum atomic E-state index is -0.625. The third-order valence-corrected chi connectivity index (χ3v) is 4.02. The highest BCUT2D eigenvalue weighted by Gasteiger charge is 2.13. The number of hydrazine groups is 1. The van der Waals surface area contributed by atoms with Crippen LogP contribution in [0.2, 0.25) is 5.02 Å². The number of amides is 3. The van der Waals surface area contributed by atoms with Gasteiger partial charge in [-0.2, -0.15) is 0 Å². The molecule has 1 heterocycles. The van der Waals surface area contributed by atoms with E-state index in [1.54, 1.807) is 54.6 Å². The molecule has 150 valence electrons. The van der Waals surface area contributed by atoms with Crippen LogP contribution in [0.1, 0.15) is 16.3 Å². The standard InChI is InChI=1S/C20H18ClN3O5/c1-27-14-6-4-5-13(11-14)22-20(26)24-23-19(25)18-10-9-15(29-18)12-28-17-8-3-2-7-16(17)21/h2-11H,12H2,1H3,(H,23,25)(H2,22,24,26). The Kier molecular flexibility index (Phi) is 6.59. The Hall–Kier alpha value is -3.65. The average Bonchev–Trinajstić information content (AvgIpc) is 3.21. The first-order valence-electron chi connectivity index (χ1n) is 8.52. The van der Waals surface area contributed by atoms with Gasteiger partial charge in [0.05, 0.1) is 12.1 Å². The van der Waals surface area contributed by atoms with Crippen molar-refractivity contribution in [2.45, 2.75) is 6.61 Å². The van der Waals surface area contributed by atoms with E-state index in [2.05, 4.69) is 16.2 Å². The van der Waals surface area contributed by atoms with Crippen LogP contribution in [0.15, 0.2) is 65.1 Å². The summed E-state index contributed by atoms with van der Waals surface area (Å²) in [6.07, 6.45) is 0. The molecular weight excluding hydrogens is 398 g/mol. The van der Waals surface area contributed by atoms with Gasteiger partial charge in [-0.05, 0) is 36.4 Å². The first-order valence-corrected chi connectivity index (χ1v) is 8.90. The fourth-order valence-electron chi connectivity index (χ4n) is 2.33. The molecule has 3 N–H and O–H groups in total. The van der Waals surface area contributed by atoms with E-state index in [-0.39, 0.29) is 12.4 Å². The van der Waals surface area contributed by atoms with Crippen LogP contribution in [0.25, 0.3) is 0 Å². The summed E-state index contributed by atoms with van der Waals surface area (Å²) < 4.78 is 16.0. The van der Waals surface area contributed by atoms with Crippen molar-refractivity contribution in [3.63, 3.8) is 0 Å². The summed E-state index contributed by atoms with van der Waals surface area (Å²) in [6.45, 7) is 0.0980. The normalized spacial score (nSPS) is 10.1. The number of hydrogen-bond donors (Lipinski definition) is 3. The van der Waals surface area contributed by atoms with Gasteiger partial charge < -0.3 is 19.2 Å². The van der Waals surface area contributed by atoms with E-state index in [4.69, 9.17) is 25.5 Å². The van der Waals surface area contributed by atoms with Gasteiger partial charge in [-0.3, -0.25) is 10.2 Å². The van der Waals surface area contributed by atoms with E-state index in [9.17, 15) is 9.59 Å². The number of urea groups is 1. The minimum Gasteiger partial charge on any atom is -0.497 e. The number of benzene rings is 2. The van der Waals surface area contributed by atoms with Gasteiger partial charge in [0.1, 0.15) is 23.9 Å². The maximum atomic E-state index is 12.1. The molecular formula is C20H18ClN3O5. The Morgan fingerprint density at radius 2 is 1.86 bits per heavy atom. The number of furan rings is 1. The molecule has 0 fully saturated rings. The van der Waals surface area contributed by atoms with Crippen LogP contribution in [-0.2, 0) is 6.61 Å². The van der Waals surface area contributed by atoms with Gasteiger partial charge in [0.25, 0.3) is 0 Å². The van der Waals surface area contributed by atoms with Gasteiger partial charge in [0.15, 0.2) is 5.76 Å². The fraction of sp³-hybridized carbons (Fsp3) is 0.100. The largest absolute Gasteiger partial charge is 0.497 e. The van der Waals surface area contributed by atoms with Gasteiger partial charge in [0, 0.05) is 11.8 Å². The Bertz CT molecular complexity index is 1010. The van der Waals surface area contributed by atoms with Crippen molar-refractivity contribution in [2.24, 2.45) is 0 Å². The molecule has 9 heteroatoms. The number of ether oxygens (including phenoxy) is 2. The van der Waals surface area contributed by atoms with Gasteiger partial charge in [-0.1, -0.05) is 29.8 Å². The SMILES string of the molecule is COc1cccc(NC(=O)NNC(=O)c2ccc(COc3ccccc3Cl)o2)c1. The molecule has 3 rings (SSSR count). The Morgan fingerprint density at radius 1 is 1.03 bits per heavy atom. The Balaban J connectivity index is 1.48. The topological polar surface area (TPSA) is 102 Å². The molecule has 0 spiro atoms. The summed E-state index contributed by atoms with van der Waals surface area (Å²) in [4.78, 5) is 24.0. The summed E-state index contributed by atoms with van der Waals surface area (Å²) in [5, 5.41) is 3.04. The number of carbonyl (C=O) groups is 2. The van der Waals surface area contributed by atoms with E-state index in [1.807, 2.05) is 0 Å². The van der Waals surface area contributed by atoms with Crippen LogP contribution in [0.3, 0.4) is 0 Å². The van der Waals surface area contributed by atoms with Gasteiger partial charge in [-0.15, -0.1) is 0 Å². The molecule has 8 nitrogen and oxygen atoms in total. The molecule has 0 saturated heterocycles. The number of rotatable bonds is 6. The minimum absolute atomic E-state index is 0.0180. The van der Waals surface area contributed by atoms with E-state index < -0.39 is 11.9 Å². The number of hydrogen-bond acceptors (Lipinski definition) is 5. The predicted octanol–water partition coefficient (Wildman–Crippen LogP) is 3.99. The number of halogens is 1. The van der Waals surface area contributed by atoms with Crippen molar-refractivity contribution in [1.82, 2.24) is 10.9 Å². The lowest BCUT2D eigenvalue weighted by Gasteiger charge is -2.09. The lowest BCUT2D eigenvalue weighted by Crippen LogP contribution is -2.43. The van der Waals surface area contributed by atoms with E-state index in [0.29, 0.717) is 28.0 Å². The maximum absolute atomic E-state index is 12.1. The van der Waals surface area contributed by atoms with Crippen molar-refractivity contribution >= 4 is 29.2 Å². The second-order valence-electron chi connectivity index (χ2n) is 5.75. The summed E-state index contributed by atoms with van der Waals surface area (Å²) in [7, 11) is 1.52. The number of methoxy groups -OCH3 is 1. The molecule has 29 heavy (non-hydrogen) atoms. The number of para-hydroxylation sites is 1. The summed E-state index contributed by atoms with van der Waals surface area (Å²) in [5.41, 5.74) is 5.01. The lowest BCUT2D eigenvalue weighted by atomic mass is 10.3. The summed E-state index contributed by atoms with van der Waals surface area (Å²) in [6, 6.07) is 16.3. The van der Waals surface area contributed by atoms with Crippen molar-refractivity contribution in [2.75, 3.05) is 12.4 Å². The van der Waals surface area contributed by atoms with Gasteiger partial charge in [0.2, 0.25) is 0 Å². The monoisotopic (exact) mass is 415 g/mol. The molecule has 0 unspecified atom stereocenters. The predicted molar refractivity (Wildman–Crippen MR) is 107 cm³/mol. The molecule has 0 radical (unpaired) electrons. The zero-order chi connectivity index (χ0) is 20.6. The molecule has 0 aliphatic heterocycles. The van der Waals surface area contributed by atoms with Crippen LogP contribution in [0, 0.1) is 0 Å². The zero-order valence-electron chi connectivity index (χ0n) is 15.4. The molecule has 0 aliphatic rings. The molecule has 1 aromatic heterocycles. The molecule has 0 aliphatic carbocycles. The number of carbonyl (C=O) groups excluding carboxylic acids is 2. The number of nitrogens with one attached hydrogen (secondary N) is 3. The van der Waals surface area contributed by atoms with Crippen molar-refractivity contribution in [3.05, 3.63) is 77.2 Å².